The summed E-state index contributed by atoms with van der Waals surface area (Å²) in [7, 11) is -1.37. The maximum atomic E-state index is 5.90. The van der Waals surface area contributed by atoms with Crippen LogP contribution in [0, 0.1) is 11.5 Å². The Labute approximate surface area is 107 Å². The minimum atomic E-state index is -1.37. The van der Waals surface area contributed by atoms with Gasteiger partial charge in [0, 0.05) is 5.56 Å². The van der Waals surface area contributed by atoms with Gasteiger partial charge in [-0.05, 0) is 12.1 Å². The molecular formula is C11H11Cl3Si. The van der Waals surface area contributed by atoms with Gasteiger partial charge in [0.1, 0.15) is 8.07 Å². The number of benzene rings is 1. The van der Waals surface area contributed by atoms with E-state index in [1.54, 1.807) is 12.1 Å². The Bertz CT molecular complexity index is 412. The second-order valence-corrected chi connectivity index (χ2v) is 10.2. The second kappa shape index (κ2) is 4.80. The van der Waals surface area contributed by atoms with Crippen LogP contribution in [-0.4, -0.2) is 8.07 Å². The van der Waals surface area contributed by atoms with Crippen molar-refractivity contribution in [3.63, 3.8) is 0 Å². The summed E-state index contributed by atoms with van der Waals surface area (Å²) < 4.78 is 0. The van der Waals surface area contributed by atoms with Gasteiger partial charge in [-0.1, -0.05) is 60.4 Å². The fraction of sp³-hybridized carbons (Fsp3) is 0.273. The summed E-state index contributed by atoms with van der Waals surface area (Å²) >= 11 is 17.6. The highest BCUT2D eigenvalue weighted by atomic mass is 35.5. The Hall–Kier alpha value is -0.133. The first-order chi connectivity index (χ1) is 6.79. The van der Waals surface area contributed by atoms with Crippen LogP contribution in [-0.2, 0) is 0 Å². The third-order valence-corrected chi connectivity index (χ3v) is 3.64. The molecule has 4 heteroatoms. The molecule has 0 bridgehead atoms. The summed E-state index contributed by atoms with van der Waals surface area (Å²) in [5.74, 6) is 3.08. The van der Waals surface area contributed by atoms with Crippen LogP contribution in [0.4, 0.5) is 0 Å². The largest absolute Gasteiger partial charge is 0.129 e. The van der Waals surface area contributed by atoms with Gasteiger partial charge in [-0.2, -0.15) is 0 Å². The van der Waals surface area contributed by atoms with Crippen LogP contribution in [0.2, 0.25) is 34.7 Å². The minimum absolute atomic E-state index is 0.386. The highest BCUT2D eigenvalue weighted by Crippen LogP contribution is 2.30. The fourth-order valence-corrected chi connectivity index (χ4v) is 2.00. The maximum absolute atomic E-state index is 5.90. The predicted octanol–water partition coefficient (Wildman–Crippen LogP) is 4.88. The van der Waals surface area contributed by atoms with Crippen molar-refractivity contribution in [2.75, 3.05) is 0 Å². The van der Waals surface area contributed by atoms with Crippen molar-refractivity contribution in [1.82, 2.24) is 0 Å². The lowest BCUT2D eigenvalue weighted by molar-refractivity contribution is 1.64. The highest BCUT2D eigenvalue weighted by Gasteiger charge is 2.08. The van der Waals surface area contributed by atoms with Crippen LogP contribution in [0.1, 0.15) is 5.56 Å². The molecule has 0 N–H and O–H groups in total. The third kappa shape index (κ3) is 4.08. The summed E-state index contributed by atoms with van der Waals surface area (Å²) in [6.45, 7) is 6.54. The first-order valence-corrected chi connectivity index (χ1v) is 9.11. The Morgan fingerprint density at radius 2 is 1.47 bits per heavy atom. The summed E-state index contributed by atoms with van der Waals surface area (Å²) in [6.07, 6.45) is 0. The van der Waals surface area contributed by atoms with E-state index in [4.69, 9.17) is 34.8 Å². The number of hydrogen-bond donors (Lipinski definition) is 0. The normalized spacial score (nSPS) is 10.8. The number of halogens is 3. The summed E-state index contributed by atoms with van der Waals surface area (Å²) in [6, 6.07) is 3.48. The van der Waals surface area contributed by atoms with Crippen LogP contribution >= 0.6 is 34.8 Å². The van der Waals surface area contributed by atoms with E-state index in [0.717, 1.165) is 5.56 Å². The summed E-state index contributed by atoms with van der Waals surface area (Å²) in [4.78, 5) is 0. The van der Waals surface area contributed by atoms with Gasteiger partial charge in [0.25, 0.3) is 0 Å². The maximum Gasteiger partial charge on any atom is 0.129 e. The zero-order valence-electron chi connectivity index (χ0n) is 8.79. The van der Waals surface area contributed by atoms with Gasteiger partial charge >= 0.3 is 0 Å². The van der Waals surface area contributed by atoms with Gasteiger partial charge in [0.05, 0.1) is 15.1 Å². The van der Waals surface area contributed by atoms with E-state index in [9.17, 15) is 0 Å². The Kier molecular flexibility index (Phi) is 4.14. The molecule has 0 spiro atoms. The lowest BCUT2D eigenvalue weighted by Gasteiger charge is -2.04. The SMILES string of the molecule is C[Si](C)(C)C#Cc1cc(Cl)c(Cl)c(Cl)c1. The van der Waals surface area contributed by atoms with E-state index in [1.807, 2.05) is 0 Å². The zero-order valence-corrected chi connectivity index (χ0v) is 12.1. The Morgan fingerprint density at radius 3 is 1.87 bits per heavy atom. The average molecular weight is 278 g/mol. The molecule has 0 heterocycles. The monoisotopic (exact) mass is 276 g/mol. The lowest BCUT2D eigenvalue weighted by atomic mass is 10.2. The molecule has 0 radical (unpaired) electrons. The molecule has 0 fully saturated rings. The first-order valence-electron chi connectivity index (χ1n) is 4.47. The molecule has 0 aliphatic heterocycles. The van der Waals surface area contributed by atoms with Crippen molar-refractivity contribution in [2.24, 2.45) is 0 Å². The molecule has 0 saturated heterocycles. The Balaban J connectivity index is 3.12. The van der Waals surface area contributed by atoms with E-state index in [1.165, 1.54) is 0 Å². The van der Waals surface area contributed by atoms with E-state index >= 15 is 0 Å². The second-order valence-electron chi connectivity index (χ2n) is 4.25. The molecular weight excluding hydrogens is 267 g/mol. The highest BCUT2D eigenvalue weighted by molar-refractivity contribution is 6.83. The smallest absolute Gasteiger partial charge is 0.127 e. The standard InChI is InChI=1S/C11H11Cl3Si/c1-15(2,3)5-4-8-6-9(12)11(14)10(13)7-8/h6-7H,1-3H3. The van der Waals surface area contributed by atoms with Crippen LogP contribution in [0.3, 0.4) is 0 Å². The van der Waals surface area contributed by atoms with Crippen LogP contribution < -0.4 is 0 Å². The lowest BCUT2D eigenvalue weighted by Crippen LogP contribution is -2.16. The van der Waals surface area contributed by atoms with E-state index in [-0.39, 0.29) is 0 Å². The topological polar surface area (TPSA) is 0 Å². The Morgan fingerprint density at radius 1 is 1.00 bits per heavy atom. The number of hydrogen-bond acceptors (Lipinski definition) is 0. The van der Waals surface area contributed by atoms with Crippen molar-refractivity contribution in [3.05, 3.63) is 32.8 Å². The van der Waals surface area contributed by atoms with Gasteiger partial charge < -0.3 is 0 Å². The van der Waals surface area contributed by atoms with Crippen molar-refractivity contribution < 1.29 is 0 Å². The molecule has 1 aromatic carbocycles. The van der Waals surface area contributed by atoms with Gasteiger partial charge in [0.15, 0.2) is 0 Å². The van der Waals surface area contributed by atoms with Gasteiger partial charge in [-0.15, -0.1) is 5.54 Å². The molecule has 0 unspecified atom stereocenters. The van der Waals surface area contributed by atoms with E-state index in [0.29, 0.717) is 15.1 Å². The van der Waals surface area contributed by atoms with Crippen molar-refractivity contribution >= 4 is 42.9 Å². The van der Waals surface area contributed by atoms with E-state index < -0.39 is 8.07 Å². The molecule has 0 amide bonds. The molecule has 80 valence electrons. The van der Waals surface area contributed by atoms with E-state index in [2.05, 4.69) is 31.1 Å². The molecule has 0 aromatic heterocycles. The molecule has 0 nitrogen and oxygen atoms in total. The van der Waals surface area contributed by atoms with Gasteiger partial charge in [-0.3, -0.25) is 0 Å². The summed E-state index contributed by atoms with van der Waals surface area (Å²) in [5, 5.41) is 1.28. The van der Waals surface area contributed by atoms with Crippen molar-refractivity contribution in [1.29, 1.82) is 0 Å². The molecule has 0 saturated carbocycles. The predicted molar refractivity (Wildman–Crippen MR) is 71.7 cm³/mol. The third-order valence-electron chi connectivity index (χ3n) is 1.57. The van der Waals surface area contributed by atoms with Crippen LogP contribution in [0.5, 0.6) is 0 Å². The van der Waals surface area contributed by atoms with Crippen LogP contribution in [0.25, 0.3) is 0 Å². The fourth-order valence-electron chi connectivity index (χ4n) is 0.887. The van der Waals surface area contributed by atoms with Crippen LogP contribution in [0.15, 0.2) is 12.1 Å². The number of rotatable bonds is 0. The molecule has 1 aromatic rings. The quantitative estimate of drug-likeness (QED) is 0.360. The first kappa shape index (κ1) is 12.9. The minimum Gasteiger partial charge on any atom is -0.127 e. The zero-order chi connectivity index (χ0) is 11.6. The van der Waals surface area contributed by atoms with Crippen molar-refractivity contribution in [2.45, 2.75) is 19.6 Å². The molecule has 0 aliphatic rings. The molecule has 1 rings (SSSR count). The van der Waals surface area contributed by atoms with Gasteiger partial charge in [0.2, 0.25) is 0 Å². The van der Waals surface area contributed by atoms with Crippen molar-refractivity contribution in [3.8, 4) is 11.5 Å². The molecule has 15 heavy (non-hydrogen) atoms. The molecule has 0 aliphatic carbocycles. The molecule has 0 atom stereocenters. The summed E-state index contributed by atoms with van der Waals surface area (Å²) in [5.41, 5.74) is 4.06. The van der Waals surface area contributed by atoms with Gasteiger partial charge in [-0.25, -0.2) is 0 Å². The average Bonchev–Trinajstić information content (AvgIpc) is 2.09.